The van der Waals surface area contributed by atoms with Gasteiger partial charge in [-0.3, -0.25) is 14.5 Å². The van der Waals surface area contributed by atoms with Gasteiger partial charge < -0.3 is 15.2 Å². The Labute approximate surface area is 230 Å². The van der Waals surface area contributed by atoms with Crippen molar-refractivity contribution in [2.24, 2.45) is 0 Å². The molecule has 2 N–H and O–H groups in total. The minimum atomic E-state index is -2.39. The van der Waals surface area contributed by atoms with Crippen LogP contribution in [0.15, 0.2) is 36.5 Å². The molecule has 9 nitrogen and oxygen atoms in total. The molecule has 5 rings (SSSR count). The molecule has 1 unspecified atom stereocenters. The maximum absolute atomic E-state index is 14.2. The van der Waals surface area contributed by atoms with Crippen LogP contribution in [0.5, 0.6) is 0 Å². The summed E-state index contributed by atoms with van der Waals surface area (Å²) in [6.07, 6.45) is 1.37. The molecule has 2 saturated heterocycles. The Balaban J connectivity index is 1.21. The fraction of sp³-hybridized carbons (Fsp3) is 0.360. The highest BCUT2D eigenvalue weighted by Gasteiger charge is 2.52. The van der Waals surface area contributed by atoms with Crippen LogP contribution in [0, 0.1) is 17.5 Å². The highest BCUT2D eigenvalue weighted by Crippen LogP contribution is 2.35. The number of carbonyl (C=O) groups is 2. The summed E-state index contributed by atoms with van der Waals surface area (Å²) < 4.78 is 47.6. The van der Waals surface area contributed by atoms with Gasteiger partial charge in [-0.15, -0.1) is 5.10 Å². The van der Waals surface area contributed by atoms with Crippen LogP contribution in [0.25, 0.3) is 0 Å². The van der Waals surface area contributed by atoms with Crippen LogP contribution in [0.2, 0.25) is 10.0 Å². The first-order valence-corrected chi connectivity index (χ1v) is 12.8. The van der Waals surface area contributed by atoms with E-state index in [2.05, 4.69) is 15.5 Å². The Bertz CT molecular complexity index is 1430. The maximum atomic E-state index is 14.2. The second-order valence-electron chi connectivity index (χ2n) is 9.35. The first kappa shape index (κ1) is 27.4. The summed E-state index contributed by atoms with van der Waals surface area (Å²) in [6, 6.07) is 5.37. The first-order chi connectivity index (χ1) is 18.6. The Morgan fingerprint density at radius 3 is 2.74 bits per heavy atom. The van der Waals surface area contributed by atoms with Crippen LogP contribution in [0.4, 0.5) is 19.0 Å². The van der Waals surface area contributed by atoms with E-state index in [1.165, 1.54) is 23.1 Å². The minimum Gasteiger partial charge on any atom is -0.372 e. The zero-order valence-corrected chi connectivity index (χ0v) is 21.7. The van der Waals surface area contributed by atoms with Crippen molar-refractivity contribution >= 4 is 40.8 Å². The molecule has 0 bridgehead atoms. The van der Waals surface area contributed by atoms with E-state index >= 15 is 0 Å². The number of anilines is 1. The smallest absolute Gasteiger partial charge is 0.270 e. The van der Waals surface area contributed by atoms with Crippen molar-refractivity contribution in [1.82, 2.24) is 20.3 Å². The molecule has 2 aliphatic heterocycles. The minimum absolute atomic E-state index is 0.00762. The van der Waals surface area contributed by atoms with Crippen LogP contribution < -0.4 is 10.2 Å². The second-order valence-corrected chi connectivity index (χ2v) is 10.2. The van der Waals surface area contributed by atoms with Gasteiger partial charge in [-0.2, -0.15) is 9.90 Å². The number of aliphatic hydroxyl groups is 1. The van der Waals surface area contributed by atoms with Gasteiger partial charge in [0.15, 0.2) is 5.82 Å². The van der Waals surface area contributed by atoms with Crippen LogP contribution in [0.1, 0.15) is 42.5 Å². The largest absolute Gasteiger partial charge is 0.372 e. The number of rotatable bonds is 6. The normalized spacial score (nSPS) is 23.3. The maximum Gasteiger partial charge on any atom is 0.270 e. The number of halogens is 5. The average Bonchev–Trinajstić information content (AvgIpc) is 3.52. The van der Waals surface area contributed by atoms with Crippen molar-refractivity contribution in [1.29, 1.82) is 0 Å². The summed E-state index contributed by atoms with van der Waals surface area (Å²) in [7, 11) is 0. The summed E-state index contributed by atoms with van der Waals surface area (Å²) in [5, 5.41) is 21.7. The molecule has 206 valence electrons. The zero-order valence-electron chi connectivity index (χ0n) is 20.2. The predicted octanol–water partition coefficient (Wildman–Crippen LogP) is 3.88. The van der Waals surface area contributed by atoms with Gasteiger partial charge in [0.1, 0.15) is 17.5 Å². The summed E-state index contributed by atoms with van der Waals surface area (Å²) in [5.41, 5.74) is -2.26. The van der Waals surface area contributed by atoms with Gasteiger partial charge in [-0.25, -0.2) is 13.2 Å². The van der Waals surface area contributed by atoms with Crippen molar-refractivity contribution in [3.63, 3.8) is 0 Å². The van der Waals surface area contributed by atoms with Crippen molar-refractivity contribution in [3.05, 3.63) is 75.2 Å². The van der Waals surface area contributed by atoms with E-state index in [0.29, 0.717) is 12.8 Å². The lowest BCUT2D eigenvalue weighted by Crippen LogP contribution is -2.52. The Morgan fingerprint density at radius 2 is 2.00 bits per heavy atom. The molecule has 3 heterocycles. The van der Waals surface area contributed by atoms with E-state index in [9.17, 15) is 27.9 Å². The number of nitrogens with zero attached hydrogens (tertiary/aromatic N) is 4. The number of hydrogen-bond donors (Lipinski definition) is 2. The topological polar surface area (TPSA) is 110 Å². The van der Waals surface area contributed by atoms with E-state index in [4.69, 9.17) is 27.9 Å². The predicted molar refractivity (Wildman–Crippen MR) is 134 cm³/mol. The Kier molecular flexibility index (Phi) is 7.55. The number of aromatic nitrogens is 3. The highest BCUT2D eigenvalue weighted by atomic mass is 35.5. The highest BCUT2D eigenvalue weighted by molar-refractivity contribution is 6.34. The summed E-state index contributed by atoms with van der Waals surface area (Å²) in [6.45, 7) is -0.237. The molecule has 1 aromatic heterocycles. The lowest BCUT2D eigenvalue weighted by molar-refractivity contribution is -0.149. The molecule has 3 aromatic rings. The van der Waals surface area contributed by atoms with Crippen LogP contribution in [0.3, 0.4) is 0 Å². The molecule has 2 aromatic carbocycles. The van der Waals surface area contributed by atoms with Gasteiger partial charge in [0.25, 0.3) is 11.8 Å². The van der Waals surface area contributed by atoms with Crippen molar-refractivity contribution in [2.45, 2.75) is 43.6 Å². The standard InChI is InChI=1S/C25H22Cl2F3N5O4/c26-14-7-13(22(30)18(27)8-14)10-31-23(36)25(38)5-6-34(24(25)37)21-11-32-35(33-21)16-2-4-20(39-12-16)17-9-15(28)1-3-19(17)29/h1,3,7-9,11,16,20,38H,2,4-6,10,12H2,(H,31,36)/t16-,20+,25?/m1/s1. The van der Waals surface area contributed by atoms with Crippen molar-refractivity contribution < 1.29 is 32.6 Å². The third-order valence-electron chi connectivity index (χ3n) is 6.84. The van der Waals surface area contributed by atoms with Crippen LogP contribution in [-0.2, 0) is 20.9 Å². The molecule has 3 atom stereocenters. The molecular formula is C25H22Cl2F3N5O4. The quantitative estimate of drug-likeness (QED) is 0.337. The SMILES string of the molecule is O=C(NCc1cc(Cl)cc(Cl)c1F)C1(O)CCN(c2cnn([C@@H]3CC[C@@H](c4cc(F)ccc4F)OC3)n2)C1=O. The second kappa shape index (κ2) is 10.8. The zero-order chi connectivity index (χ0) is 27.9. The third-order valence-corrected chi connectivity index (χ3v) is 7.33. The van der Waals surface area contributed by atoms with Crippen molar-refractivity contribution in [3.8, 4) is 0 Å². The molecule has 0 spiro atoms. The van der Waals surface area contributed by atoms with E-state index in [1.807, 2.05) is 0 Å². The molecule has 14 heteroatoms. The van der Waals surface area contributed by atoms with E-state index in [1.54, 1.807) is 0 Å². The number of carbonyl (C=O) groups excluding carboxylic acids is 2. The molecule has 0 radical (unpaired) electrons. The van der Waals surface area contributed by atoms with Crippen molar-refractivity contribution in [2.75, 3.05) is 18.1 Å². The van der Waals surface area contributed by atoms with Gasteiger partial charge >= 0.3 is 0 Å². The molecule has 2 amide bonds. The van der Waals surface area contributed by atoms with Crippen LogP contribution >= 0.6 is 23.2 Å². The number of amides is 2. The number of ether oxygens (including phenoxy) is 1. The van der Waals surface area contributed by atoms with E-state index in [0.717, 1.165) is 23.1 Å². The van der Waals surface area contributed by atoms with Gasteiger partial charge in [0, 0.05) is 35.7 Å². The Hall–Kier alpha value is -3.19. The molecule has 2 fully saturated rings. The number of benzene rings is 2. The summed E-state index contributed by atoms with van der Waals surface area (Å²) in [5.74, 6) is -3.67. The van der Waals surface area contributed by atoms with E-state index in [-0.39, 0.29) is 59.1 Å². The fourth-order valence-electron chi connectivity index (χ4n) is 4.69. The van der Waals surface area contributed by atoms with Crippen LogP contribution in [-0.4, -0.2) is 50.7 Å². The summed E-state index contributed by atoms with van der Waals surface area (Å²) >= 11 is 11.7. The van der Waals surface area contributed by atoms with E-state index < -0.39 is 41.0 Å². The Morgan fingerprint density at radius 1 is 1.21 bits per heavy atom. The van der Waals surface area contributed by atoms with Gasteiger partial charge in [-0.05, 0) is 43.2 Å². The van der Waals surface area contributed by atoms with Gasteiger partial charge in [0.2, 0.25) is 5.60 Å². The van der Waals surface area contributed by atoms with Gasteiger partial charge in [-0.1, -0.05) is 23.2 Å². The van der Waals surface area contributed by atoms with Gasteiger partial charge in [0.05, 0.1) is 30.0 Å². The molecular weight excluding hydrogens is 562 g/mol. The lowest BCUT2D eigenvalue weighted by Gasteiger charge is -2.29. The molecule has 2 aliphatic rings. The average molecular weight is 584 g/mol. The molecule has 39 heavy (non-hydrogen) atoms. The molecule has 0 aliphatic carbocycles. The number of nitrogens with one attached hydrogen (secondary N) is 1. The third kappa shape index (κ3) is 5.33. The summed E-state index contributed by atoms with van der Waals surface area (Å²) in [4.78, 5) is 28.3. The fourth-order valence-corrected chi connectivity index (χ4v) is 5.22. The first-order valence-electron chi connectivity index (χ1n) is 12.0. The lowest BCUT2D eigenvalue weighted by atomic mass is 9.98. The monoisotopic (exact) mass is 583 g/mol. The number of hydrogen-bond acceptors (Lipinski definition) is 6. The molecule has 0 saturated carbocycles.